The van der Waals surface area contributed by atoms with Gasteiger partial charge in [-0.15, -0.1) is 0 Å². The number of ether oxygens (including phenoxy) is 2. The van der Waals surface area contributed by atoms with Gasteiger partial charge >= 0.3 is 11.9 Å². The van der Waals surface area contributed by atoms with Crippen molar-refractivity contribution in [3.63, 3.8) is 0 Å². The number of ketones is 2. The van der Waals surface area contributed by atoms with Gasteiger partial charge in [0, 0.05) is 11.4 Å². The standard InChI is InChI=1S/C33H41NO8/c1-20(2)32-27(14-12-23(35)16-25(37)18-29(39)41-5)31(22-10-8-7-9-11-22)28(33(34-32)21(3)4)15-13-24(36)17-26(38)19-30(40)42-6/h7-13,20-21,35-36H,14-19H2,1-6H3/b23-12+,24-13+. The van der Waals surface area contributed by atoms with Crippen molar-refractivity contribution >= 4 is 23.5 Å². The first-order chi connectivity index (χ1) is 19.9. The Balaban J connectivity index is 2.64. The van der Waals surface area contributed by atoms with E-state index in [0.29, 0.717) is 0 Å². The molecule has 1 aromatic carbocycles. The van der Waals surface area contributed by atoms with Crippen molar-refractivity contribution < 1.29 is 38.9 Å². The van der Waals surface area contributed by atoms with Crippen LogP contribution in [-0.2, 0) is 41.5 Å². The first-order valence-electron chi connectivity index (χ1n) is 13.9. The second kappa shape index (κ2) is 16.2. The fourth-order valence-electron chi connectivity index (χ4n) is 4.60. The summed E-state index contributed by atoms with van der Waals surface area (Å²) in [4.78, 5) is 52.3. The summed E-state index contributed by atoms with van der Waals surface area (Å²) in [6.07, 6.45) is 2.20. The highest BCUT2D eigenvalue weighted by atomic mass is 16.5. The first kappa shape index (κ1) is 33.9. The number of esters is 2. The van der Waals surface area contributed by atoms with E-state index in [0.717, 1.165) is 33.6 Å². The first-order valence-corrected chi connectivity index (χ1v) is 13.9. The molecule has 0 aliphatic carbocycles. The predicted molar refractivity (Wildman–Crippen MR) is 159 cm³/mol. The highest BCUT2D eigenvalue weighted by Crippen LogP contribution is 2.37. The molecular formula is C33H41NO8. The van der Waals surface area contributed by atoms with Crippen molar-refractivity contribution in [1.29, 1.82) is 0 Å². The summed E-state index contributed by atoms with van der Waals surface area (Å²) in [6.45, 7) is 8.14. The van der Waals surface area contributed by atoms with Crippen LogP contribution in [0.15, 0.2) is 54.0 Å². The van der Waals surface area contributed by atoms with Crippen LogP contribution in [0.3, 0.4) is 0 Å². The third kappa shape index (κ3) is 9.98. The molecule has 0 bridgehead atoms. The number of allylic oxidation sites excluding steroid dienone is 4. The van der Waals surface area contributed by atoms with E-state index in [-0.39, 0.29) is 49.0 Å². The lowest BCUT2D eigenvalue weighted by atomic mass is 9.84. The molecule has 0 saturated heterocycles. The molecule has 2 N–H and O–H groups in total. The lowest BCUT2D eigenvalue weighted by Crippen LogP contribution is -2.13. The Kier molecular flexibility index (Phi) is 13.1. The number of hydrogen-bond acceptors (Lipinski definition) is 9. The number of aliphatic hydroxyl groups excluding tert-OH is 2. The van der Waals surface area contributed by atoms with Crippen molar-refractivity contribution in [2.45, 2.75) is 78.1 Å². The molecule has 2 rings (SSSR count). The van der Waals surface area contributed by atoms with Crippen molar-refractivity contribution in [3.8, 4) is 11.1 Å². The second-order valence-corrected chi connectivity index (χ2v) is 10.6. The number of pyridine rings is 1. The minimum atomic E-state index is -0.664. The van der Waals surface area contributed by atoms with Crippen LogP contribution in [0.2, 0.25) is 0 Å². The smallest absolute Gasteiger partial charge is 0.313 e. The zero-order chi connectivity index (χ0) is 31.4. The number of methoxy groups -OCH3 is 2. The van der Waals surface area contributed by atoms with Crippen LogP contribution in [-0.4, -0.2) is 52.9 Å². The number of benzene rings is 1. The molecule has 9 nitrogen and oxygen atoms in total. The molecule has 0 radical (unpaired) electrons. The normalized spacial score (nSPS) is 12.0. The third-order valence-corrected chi connectivity index (χ3v) is 6.60. The monoisotopic (exact) mass is 579 g/mol. The van der Waals surface area contributed by atoms with Gasteiger partial charge in [-0.05, 0) is 59.1 Å². The quantitative estimate of drug-likeness (QED) is 0.147. The molecule has 42 heavy (non-hydrogen) atoms. The maximum Gasteiger partial charge on any atom is 0.313 e. The fourth-order valence-corrected chi connectivity index (χ4v) is 4.60. The van der Waals surface area contributed by atoms with E-state index >= 15 is 0 Å². The van der Waals surface area contributed by atoms with Gasteiger partial charge in [-0.2, -0.15) is 0 Å². The molecule has 1 heterocycles. The lowest BCUT2D eigenvalue weighted by Gasteiger charge is -2.24. The molecule has 0 amide bonds. The van der Waals surface area contributed by atoms with Gasteiger partial charge in [-0.1, -0.05) is 58.0 Å². The van der Waals surface area contributed by atoms with E-state index in [4.69, 9.17) is 4.98 Å². The third-order valence-electron chi connectivity index (χ3n) is 6.60. The molecular weight excluding hydrogens is 538 g/mol. The van der Waals surface area contributed by atoms with Crippen LogP contribution >= 0.6 is 0 Å². The second-order valence-electron chi connectivity index (χ2n) is 10.6. The maximum absolute atomic E-state index is 12.2. The largest absolute Gasteiger partial charge is 0.512 e. The molecule has 2 aromatic rings. The van der Waals surface area contributed by atoms with Crippen molar-refractivity contribution in [3.05, 3.63) is 76.5 Å². The van der Waals surface area contributed by atoms with Crippen LogP contribution in [0.4, 0.5) is 0 Å². The number of aromatic nitrogens is 1. The molecule has 1 aromatic heterocycles. The summed E-state index contributed by atoms with van der Waals surface area (Å²) in [5.41, 5.74) is 5.21. The number of Topliss-reactive ketones (excluding diaryl/α,β-unsaturated/α-hetero) is 2. The molecule has 0 spiro atoms. The van der Waals surface area contributed by atoms with Crippen LogP contribution < -0.4 is 0 Å². The lowest BCUT2D eigenvalue weighted by molar-refractivity contribution is -0.144. The molecule has 0 saturated carbocycles. The van der Waals surface area contributed by atoms with Gasteiger partial charge in [0.2, 0.25) is 0 Å². The summed E-state index contributed by atoms with van der Waals surface area (Å²) >= 11 is 0. The molecule has 0 atom stereocenters. The number of aliphatic hydroxyl groups is 2. The topological polar surface area (TPSA) is 140 Å². The van der Waals surface area contributed by atoms with E-state index < -0.39 is 36.3 Å². The average molecular weight is 580 g/mol. The molecule has 226 valence electrons. The summed E-state index contributed by atoms with van der Waals surface area (Å²) < 4.78 is 9.07. The SMILES string of the molecule is COC(=O)CC(=O)C/C(O)=C\Cc1c(C(C)C)nc(C(C)C)c(C/C=C(/O)CC(=O)CC(=O)OC)c1-c1ccccc1. The summed E-state index contributed by atoms with van der Waals surface area (Å²) in [7, 11) is 2.40. The Labute approximate surface area is 247 Å². The summed E-state index contributed by atoms with van der Waals surface area (Å²) in [6, 6.07) is 9.71. The van der Waals surface area contributed by atoms with Gasteiger partial charge in [-0.25, -0.2) is 0 Å². The van der Waals surface area contributed by atoms with Crippen LogP contribution in [0.1, 0.15) is 87.7 Å². The zero-order valence-electron chi connectivity index (χ0n) is 25.2. The van der Waals surface area contributed by atoms with Gasteiger partial charge in [0.15, 0.2) is 11.6 Å². The number of nitrogens with zero attached hydrogens (tertiary/aromatic N) is 1. The van der Waals surface area contributed by atoms with Crippen LogP contribution in [0.5, 0.6) is 0 Å². The van der Waals surface area contributed by atoms with E-state index in [9.17, 15) is 29.4 Å². The fraction of sp³-hybridized carbons (Fsp3) is 0.424. The number of rotatable bonds is 15. The molecule has 0 aliphatic heterocycles. The molecule has 9 heteroatoms. The van der Waals surface area contributed by atoms with Crippen molar-refractivity contribution in [2.24, 2.45) is 0 Å². The molecule has 0 fully saturated rings. The van der Waals surface area contributed by atoms with Gasteiger partial charge in [-0.3, -0.25) is 24.2 Å². The highest BCUT2D eigenvalue weighted by Gasteiger charge is 2.23. The predicted octanol–water partition coefficient (Wildman–Crippen LogP) is 6.01. The van der Waals surface area contributed by atoms with Crippen molar-refractivity contribution in [1.82, 2.24) is 4.98 Å². The van der Waals surface area contributed by atoms with Gasteiger partial charge < -0.3 is 19.7 Å². The Morgan fingerprint density at radius 1 is 0.714 bits per heavy atom. The van der Waals surface area contributed by atoms with Crippen molar-refractivity contribution in [2.75, 3.05) is 14.2 Å². The van der Waals surface area contributed by atoms with Gasteiger partial charge in [0.25, 0.3) is 0 Å². The Morgan fingerprint density at radius 3 is 1.48 bits per heavy atom. The number of carbonyl (C=O) groups is 4. The van der Waals surface area contributed by atoms with Gasteiger partial charge in [0.05, 0.1) is 38.6 Å². The average Bonchev–Trinajstić information content (AvgIpc) is 2.94. The van der Waals surface area contributed by atoms with E-state index in [1.54, 1.807) is 12.2 Å². The van der Waals surface area contributed by atoms with E-state index in [1.807, 2.05) is 58.0 Å². The molecule has 0 unspecified atom stereocenters. The van der Waals surface area contributed by atoms with Crippen LogP contribution in [0, 0.1) is 0 Å². The Bertz CT molecular complexity index is 1260. The van der Waals surface area contributed by atoms with E-state index in [2.05, 4.69) is 9.47 Å². The minimum absolute atomic E-state index is 0.0328. The summed E-state index contributed by atoms with van der Waals surface area (Å²) in [5.74, 6) is -2.50. The Hall–Kier alpha value is -4.27. The maximum atomic E-state index is 12.2. The summed E-state index contributed by atoms with van der Waals surface area (Å²) in [5, 5.41) is 21.1. The molecule has 0 aliphatic rings. The number of hydrogen-bond donors (Lipinski definition) is 2. The Morgan fingerprint density at radius 2 is 1.12 bits per heavy atom. The van der Waals surface area contributed by atoms with E-state index in [1.165, 1.54) is 14.2 Å². The minimum Gasteiger partial charge on any atom is -0.512 e. The van der Waals surface area contributed by atoms with Gasteiger partial charge in [0.1, 0.15) is 12.8 Å². The number of carbonyl (C=O) groups excluding carboxylic acids is 4. The highest BCUT2D eigenvalue weighted by molar-refractivity contribution is 5.96. The van der Waals surface area contributed by atoms with Crippen LogP contribution in [0.25, 0.3) is 11.1 Å². The zero-order valence-corrected chi connectivity index (χ0v) is 25.2.